The molecule has 1 aromatic carbocycles. The first kappa shape index (κ1) is 18.3. The van der Waals surface area contributed by atoms with Gasteiger partial charge < -0.3 is 15.8 Å². The molecule has 3 N–H and O–H groups in total. The lowest BCUT2D eigenvalue weighted by Gasteiger charge is -2.27. The number of ether oxygens (including phenoxy) is 1. The van der Waals surface area contributed by atoms with Crippen molar-refractivity contribution in [2.45, 2.75) is 38.6 Å². The summed E-state index contributed by atoms with van der Waals surface area (Å²) in [7, 11) is 0. The Bertz CT molecular complexity index is 497. The summed E-state index contributed by atoms with van der Waals surface area (Å²) in [5, 5.41) is 3.01. The lowest BCUT2D eigenvalue weighted by atomic mass is 9.86. The summed E-state index contributed by atoms with van der Waals surface area (Å²) in [6.45, 7) is 2.24. The van der Waals surface area contributed by atoms with E-state index in [2.05, 4.69) is 5.32 Å². The summed E-state index contributed by atoms with van der Waals surface area (Å²) >= 11 is 0. The van der Waals surface area contributed by atoms with Gasteiger partial charge in [-0.1, -0.05) is 0 Å². The fraction of sp³-hybridized carbons (Fsp3) is 0.500. The van der Waals surface area contributed by atoms with Crippen molar-refractivity contribution in [1.29, 1.82) is 0 Å². The number of nitrogens with one attached hydrogen (secondary N) is 1. The van der Waals surface area contributed by atoms with Crippen molar-refractivity contribution in [3.63, 3.8) is 0 Å². The zero-order valence-corrected chi connectivity index (χ0v) is 13.5. The number of nitrogen functional groups attached to an aromatic ring is 1. The number of benzene rings is 1. The predicted octanol–water partition coefficient (Wildman–Crippen LogP) is 2.54. The Morgan fingerprint density at radius 1 is 1.18 bits per heavy atom. The number of anilines is 1. The van der Waals surface area contributed by atoms with E-state index in [1.807, 2.05) is 6.92 Å². The summed E-state index contributed by atoms with van der Waals surface area (Å²) in [6, 6.07) is 6.99. The maximum Gasteiger partial charge on any atom is 0.308 e. The van der Waals surface area contributed by atoms with Crippen LogP contribution in [-0.4, -0.2) is 24.5 Å². The SMILES string of the molecule is CCOC(=O)C1CCC(NC(=O)c2ccc(N)cc2)CC1.Cl. The number of hydrogen-bond donors (Lipinski definition) is 2. The molecule has 1 fully saturated rings. The van der Waals surface area contributed by atoms with E-state index in [0.29, 0.717) is 17.9 Å². The molecule has 122 valence electrons. The van der Waals surface area contributed by atoms with Gasteiger partial charge in [-0.2, -0.15) is 0 Å². The molecule has 0 aliphatic heterocycles. The van der Waals surface area contributed by atoms with Crippen molar-refractivity contribution in [1.82, 2.24) is 5.32 Å². The Morgan fingerprint density at radius 2 is 1.77 bits per heavy atom. The Kier molecular flexibility index (Phi) is 7.18. The highest BCUT2D eigenvalue weighted by atomic mass is 35.5. The van der Waals surface area contributed by atoms with Crippen LogP contribution in [0.25, 0.3) is 0 Å². The maximum atomic E-state index is 12.1. The molecular formula is C16H23ClN2O3. The molecule has 0 atom stereocenters. The van der Waals surface area contributed by atoms with E-state index < -0.39 is 0 Å². The third-order valence-electron chi connectivity index (χ3n) is 3.86. The molecule has 6 heteroatoms. The van der Waals surface area contributed by atoms with Crippen molar-refractivity contribution in [2.24, 2.45) is 5.92 Å². The molecule has 1 aliphatic rings. The molecule has 1 amide bonds. The molecule has 1 aliphatic carbocycles. The van der Waals surface area contributed by atoms with Crippen molar-refractivity contribution >= 4 is 30.0 Å². The fourth-order valence-electron chi connectivity index (χ4n) is 2.64. The Hall–Kier alpha value is -1.75. The van der Waals surface area contributed by atoms with Crippen molar-refractivity contribution < 1.29 is 14.3 Å². The van der Waals surface area contributed by atoms with Gasteiger partial charge in [0.1, 0.15) is 0 Å². The van der Waals surface area contributed by atoms with Gasteiger partial charge in [0.05, 0.1) is 12.5 Å². The molecule has 0 spiro atoms. The summed E-state index contributed by atoms with van der Waals surface area (Å²) < 4.78 is 5.04. The second-order valence-electron chi connectivity index (χ2n) is 5.40. The molecule has 1 aromatic rings. The highest BCUT2D eigenvalue weighted by molar-refractivity contribution is 5.94. The monoisotopic (exact) mass is 326 g/mol. The highest BCUT2D eigenvalue weighted by Crippen LogP contribution is 2.25. The van der Waals surface area contributed by atoms with Crippen LogP contribution in [0.1, 0.15) is 43.0 Å². The minimum absolute atomic E-state index is 0. The van der Waals surface area contributed by atoms with Crippen molar-refractivity contribution in [3.05, 3.63) is 29.8 Å². The van der Waals surface area contributed by atoms with Gasteiger partial charge in [0.2, 0.25) is 0 Å². The summed E-state index contributed by atoms with van der Waals surface area (Å²) in [4.78, 5) is 23.8. The summed E-state index contributed by atoms with van der Waals surface area (Å²) in [5.41, 5.74) is 6.85. The number of nitrogens with two attached hydrogens (primary N) is 1. The van der Waals surface area contributed by atoms with Gasteiger partial charge in [0, 0.05) is 17.3 Å². The summed E-state index contributed by atoms with van der Waals surface area (Å²) in [5.74, 6) is -0.218. The van der Waals surface area contributed by atoms with Crippen LogP contribution in [0.5, 0.6) is 0 Å². The van der Waals surface area contributed by atoms with E-state index in [-0.39, 0.29) is 36.2 Å². The number of halogens is 1. The third kappa shape index (κ3) is 4.91. The lowest BCUT2D eigenvalue weighted by molar-refractivity contribution is -0.149. The molecule has 5 nitrogen and oxygen atoms in total. The van der Waals surface area contributed by atoms with E-state index in [1.165, 1.54) is 0 Å². The third-order valence-corrected chi connectivity index (χ3v) is 3.86. The molecule has 22 heavy (non-hydrogen) atoms. The average molecular weight is 327 g/mol. The van der Waals surface area contributed by atoms with Crippen LogP contribution >= 0.6 is 12.4 Å². The Labute approximate surface area is 137 Å². The quantitative estimate of drug-likeness (QED) is 0.658. The zero-order chi connectivity index (χ0) is 15.2. The van der Waals surface area contributed by atoms with Gasteiger partial charge in [0.15, 0.2) is 0 Å². The second-order valence-corrected chi connectivity index (χ2v) is 5.40. The highest BCUT2D eigenvalue weighted by Gasteiger charge is 2.28. The molecule has 2 rings (SSSR count). The van der Waals surface area contributed by atoms with Crippen molar-refractivity contribution in [2.75, 3.05) is 12.3 Å². The largest absolute Gasteiger partial charge is 0.466 e. The molecule has 0 unspecified atom stereocenters. The van der Waals surface area contributed by atoms with Crippen LogP contribution in [0.3, 0.4) is 0 Å². The second kappa shape index (κ2) is 8.63. The first-order valence-corrected chi connectivity index (χ1v) is 7.43. The van der Waals surface area contributed by atoms with Gasteiger partial charge in [-0.15, -0.1) is 12.4 Å². The standard InChI is InChI=1S/C16H22N2O3.ClH/c1-2-21-16(20)12-5-9-14(10-6-12)18-15(19)11-3-7-13(17)8-4-11;/h3-4,7-8,12,14H,2,5-6,9-10,17H2,1H3,(H,18,19);1H. The first-order valence-electron chi connectivity index (χ1n) is 7.43. The van der Waals surface area contributed by atoms with Crippen LogP contribution in [0, 0.1) is 5.92 Å². The maximum absolute atomic E-state index is 12.1. The van der Waals surface area contributed by atoms with Crippen LogP contribution < -0.4 is 11.1 Å². The van der Waals surface area contributed by atoms with Crippen LogP contribution in [-0.2, 0) is 9.53 Å². The Morgan fingerprint density at radius 3 is 2.32 bits per heavy atom. The van der Waals surface area contributed by atoms with Crippen LogP contribution in [0.15, 0.2) is 24.3 Å². The summed E-state index contributed by atoms with van der Waals surface area (Å²) in [6.07, 6.45) is 3.16. The number of rotatable bonds is 4. The van der Waals surface area contributed by atoms with Crippen LogP contribution in [0.2, 0.25) is 0 Å². The van der Waals surface area contributed by atoms with Gasteiger partial charge in [-0.05, 0) is 56.9 Å². The molecule has 0 saturated heterocycles. The molecular weight excluding hydrogens is 304 g/mol. The molecule has 0 bridgehead atoms. The van der Waals surface area contributed by atoms with Gasteiger partial charge >= 0.3 is 5.97 Å². The van der Waals surface area contributed by atoms with Gasteiger partial charge in [-0.25, -0.2) is 0 Å². The molecule has 0 radical (unpaired) electrons. The Balaban J connectivity index is 0.00000242. The number of carbonyl (C=O) groups excluding carboxylic acids is 2. The van der Waals surface area contributed by atoms with Gasteiger partial charge in [-0.3, -0.25) is 9.59 Å². The predicted molar refractivity (Wildman–Crippen MR) is 87.9 cm³/mol. The zero-order valence-electron chi connectivity index (χ0n) is 12.7. The van der Waals surface area contributed by atoms with E-state index >= 15 is 0 Å². The van der Waals surface area contributed by atoms with E-state index in [9.17, 15) is 9.59 Å². The minimum Gasteiger partial charge on any atom is -0.466 e. The number of hydrogen-bond acceptors (Lipinski definition) is 4. The average Bonchev–Trinajstić information content (AvgIpc) is 2.49. The topological polar surface area (TPSA) is 81.4 Å². The molecule has 0 aromatic heterocycles. The van der Waals surface area contributed by atoms with Crippen LogP contribution in [0.4, 0.5) is 5.69 Å². The first-order chi connectivity index (χ1) is 10.1. The van der Waals surface area contributed by atoms with Crippen molar-refractivity contribution in [3.8, 4) is 0 Å². The van der Waals surface area contributed by atoms with E-state index in [0.717, 1.165) is 25.7 Å². The number of amides is 1. The normalized spacial score (nSPS) is 20.6. The van der Waals surface area contributed by atoms with E-state index in [1.54, 1.807) is 24.3 Å². The van der Waals surface area contributed by atoms with Gasteiger partial charge in [0.25, 0.3) is 5.91 Å². The number of carbonyl (C=O) groups is 2. The number of esters is 1. The minimum atomic E-state index is -0.110. The molecule has 0 heterocycles. The fourth-order valence-corrected chi connectivity index (χ4v) is 2.64. The van der Waals surface area contributed by atoms with E-state index in [4.69, 9.17) is 10.5 Å². The smallest absolute Gasteiger partial charge is 0.308 e. The molecule has 1 saturated carbocycles. The lowest BCUT2D eigenvalue weighted by Crippen LogP contribution is -2.39.